The summed E-state index contributed by atoms with van der Waals surface area (Å²) in [6.45, 7) is 7.08. The quantitative estimate of drug-likeness (QED) is 0.288. The second kappa shape index (κ2) is 15.5. The van der Waals surface area contributed by atoms with E-state index in [9.17, 15) is 40.8 Å². The van der Waals surface area contributed by atoms with Gasteiger partial charge in [0.05, 0.1) is 30.6 Å². The average Bonchev–Trinajstić information content (AvgIpc) is 4.01. The lowest BCUT2D eigenvalue weighted by atomic mass is 10.0. The maximum atomic E-state index is 14.9. The number of nitrogens with zero attached hydrogens (tertiary/aromatic N) is 2. The van der Waals surface area contributed by atoms with Crippen LogP contribution >= 0.6 is 0 Å². The number of alkyl carbamates (subject to hydrolysis) is 1. The Hall–Kier alpha value is -4.65. The van der Waals surface area contributed by atoms with Crippen LogP contribution in [-0.2, 0) is 33.9 Å². The van der Waals surface area contributed by atoms with Gasteiger partial charge in [-0.15, -0.1) is 0 Å². The van der Waals surface area contributed by atoms with Crippen molar-refractivity contribution in [2.45, 2.75) is 132 Å². The van der Waals surface area contributed by atoms with E-state index in [1.54, 1.807) is 25.1 Å². The van der Waals surface area contributed by atoms with Crippen LogP contribution in [-0.4, -0.2) is 108 Å². The smallest absolute Gasteiger partial charge is 0.408 e. The van der Waals surface area contributed by atoms with Crippen molar-refractivity contribution < 1.29 is 64.0 Å². The molecule has 0 unspecified atom stereocenters. The van der Waals surface area contributed by atoms with Crippen molar-refractivity contribution in [3.05, 3.63) is 42.4 Å². The van der Waals surface area contributed by atoms with Crippen LogP contribution in [0.2, 0.25) is 0 Å². The summed E-state index contributed by atoms with van der Waals surface area (Å²) >= 11 is 0. The van der Waals surface area contributed by atoms with Gasteiger partial charge in [-0.1, -0.05) is 12.2 Å². The summed E-state index contributed by atoms with van der Waals surface area (Å²) in [4.78, 5) is 61.7. The number of amides is 4. The van der Waals surface area contributed by atoms with Crippen LogP contribution in [0.15, 0.2) is 36.5 Å². The zero-order valence-electron chi connectivity index (χ0n) is 33.4. The van der Waals surface area contributed by atoms with Gasteiger partial charge in [0.25, 0.3) is 11.8 Å². The number of rotatable bonds is 9. The predicted octanol–water partition coefficient (Wildman–Crippen LogP) is 5.01. The van der Waals surface area contributed by atoms with Gasteiger partial charge in [-0.05, 0) is 90.3 Å². The van der Waals surface area contributed by atoms with Gasteiger partial charge in [0.1, 0.15) is 23.7 Å². The summed E-state index contributed by atoms with van der Waals surface area (Å²) < 4.78 is 93.6. The summed E-state index contributed by atoms with van der Waals surface area (Å²) in [6, 6.07) is 1.27. The normalized spacial score (nSPS) is 29.4. The van der Waals surface area contributed by atoms with Crippen LogP contribution in [0.3, 0.4) is 0 Å². The molecular weight excluding hydrogens is 788 g/mol. The van der Waals surface area contributed by atoms with E-state index >= 15 is 0 Å². The predicted molar refractivity (Wildman–Crippen MR) is 209 cm³/mol. The molecule has 15 nitrogen and oxygen atoms in total. The summed E-state index contributed by atoms with van der Waals surface area (Å²) in [7, 11) is -2.78. The number of nitrogens with one attached hydrogen (secondary N) is 3. The van der Waals surface area contributed by atoms with Crippen molar-refractivity contribution in [1.29, 1.82) is 0 Å². The molecular formula is C39H56F3N5O10S. The molecule has 1 saturated heterocycles. The SMILES string of the molecule is COc1cc2ccnc(O[C@@H]3C[C@H]4C(=O)N[C@]5(C(=O)NS(=O)(=O)C6(C)CC6)C[C@H]5/C=C\CC[C@@H](C)O[C@@H](C)[C@H](NC(=O)OC(C)(C)C(C)(F)F)C(=O)N4C3)c2cc1F.[HH].[HH].[HH]. The highest BCUT2D eigenvalue weighted by Gasteiger charge is 2.63. The molecule has 2 aliphatic heterocycles. The minimum atomic E-state index is -4.10. The molecule has 4 aliphatic rings. The molecule has 3 fully saturated rings. The fraction of sp³-hybridized carbons (Fsp3) is 0.615. The van der Waals surface area contributed by atoms with Crippen molar-refractivity contribution in [3.8, 4) is 11.6 Å². The van der Waals surface area contributed by atoms with Gasteiger partial charge >= 0.3 is 6.09 Å². The first-order valence-corrected chi connectivity index (χ1v) is 20.7. The Kier molecular flexibility index (Phi) is 11.5. The zero-order valence-corrected chi connectivity index (χ0v) is 34.2. The van der Waals surface area contributed by atoms with Crippen molar-refractivity contribution in [1.82, 2.24) is 25.2 Å². The van der Waals surface area contributed by atoms with E-state index in [1.807, 2.05) is 0 Å². The number of methoxy groups -OCH3 is 1. The lowest BCUT2D eigenvalue weighted by Crippen LogP contribution is -2.60. The fourth-order valence-corrected chi connectivity index (χ4v) is 8.45. The Morgan fingerprint density at radius 1 is 1.16 bits per heavy atom. The summed E-state index contributed by atoms with van der Waals surface area (Å²) in [5.41, 5.74) is -3.96. The number of fused-ring (bicyclic) bond motifs is 3. The molecule has 58 heavy (non-hydrogen) atoms. The highest BCUT2D eigenvalue weighted by Crippen LogP contribution is 2.47. The summed E-state index contributed by atoms with van der Waals surface area (Å²) in [6.07, 6.45) is 2.49. The molecule has 3 heterocycles. The third-order valence-electron chi connectivity index (χ3n) is 11.7. The number of pyridine rings is 1. The van der Waals surface area contributed by atoms with E-state index in [1.165, 1.54) is 39.3 Å². The van der Waals surface area contributed by atoms with Crippen LogP contribution in [0.5, 0.6) is 11.6 Å². The number of benzene rings is 1. The van der Waals surface area contributed by atoms with Crippen LogP contribution in [0, 0.1) is 11.7 Å². The first kappa shape index (κ1) is 42.9. The van der Waals surface area contributed by atoms with Crippen molar-refractivity contribution in [2.75, 3.05) is 13.7 Å². The lowest BCUT2D eigenvalue weighted by Gasteiger charge is -2.35. The Morgan fingerprint density at radius 3 is 2.52 bits per heavy atom. The summed E-state index contributed by atoms with van der Waals surface area (Å²) in [5, 5.41) is 5.93. The minimum Gasteiger partial charge on any atom is -0.494 e. The van der Waals surface area contributed by atoms with E-state index in [0.717, 1.165) is 18.7 Å². The van der Waals surface area contributed by atoms with Crippen molar-refractivity contribution in [2.24, 2.45) is 5.92 Å². The van der Waals surface area contributed by atoms with Crippen LogP contribution in [0.4, 0.5) is 18.0 Å². The lowest BCUT2D eigenvalue weighted by molar-refractivity contribution is -0.153. The van der Waals surface area contributed by atoms with Gasteiger partial charge in [-0.3, -0.25) is 19.1 Å². The van der Waals surface area contributed by atoms with Gasteiger partial charge in [-0.25, -0.2) is 31.4 Å². The fourth-order valence-electron chi connectivity index (χ4n) is 7.14. The molecule has 1 aromatic carbocycles. The number of hydrogen-bond acceptors (Lipinski definition) is 11. The maximum Gasteiger partial charge on any atom is 0.408 e. The van der Waals surface area contributed by atoms with Gasteiger partial charge in [0.15, 0.2) is 17.2 Å². The van der Waals surface area contributed by atoms with Crippen LogP contribution < -0.4 is 24.8 Å². The van der Waals surface area contributed by atoms with E-state index < -0.39 is 97.8 Å². The van der Waals surface area contributed by atoms with Gasteiger partial charge in [-0.2, -0.15) is 0 Å². The molecule has 0 spiro atoms. The number of aromatic nitrogens is 1. The Balaban J connectivity index is 0.00000331. The van der Waals surface area contributed by atoms with E-state index in [-0.39, 0.29) is 40.7 Å². The molecule has 3 N–H and O–H groups in total. The molecule has 6 rings (SSSR count). The molecule has 19 heteroatoms. The first-order chi connectivity index (χ1) is 27.0. The molecule has 7 atom stereocenters. The first-order valence-electron chi connectivity index (χ1n) is 19.2. The van der Waals surface area contributed by atoms with Crippen molar-refractivity contribution >= 4 is 44.6 Å². The van der Waals surface area contributed by atoms with E-state index in [2.05, 4.69) is 20.3 Å². The van der Waals surface area contributed by atoms with Crippen molar-refractivity contribution in [3.63, 3.8) is 0 Å². The molecule has 1 aromatic heterocycles. The Morgan fingerprint density at radius 2 is 1.86 bits per heavy atom. The molecule has 4 amide bonds. The second-order valence-corrected chi connectivity index (χ2v) is 18.7. The molecule has 0 bridgehead atoms. The third kappa shape index (κ3) is 8.56. The molecule has 2 saturated carbocycles. The van der Waals surface area contributed by atoms with E-state index in [0.29, 0.717) is 38.0 Å². The molecule has 324 valence electrons. The Labute approximate surface area is 339 Å². The topological polar surface area (TPSA) is 192 Å². The number of carbonyl (C=O) groups is 4. The summed E-state index contributed by atoms with van der Waals surface area (Å²) in [5.74, 6) is -7.40. The molecule has 2 aromatic rings. The number of sulfonamides is 1. The number of allylic oxidation sites excluding steroid dienone is 1. The molecule has 0 radical (unpaired) electrons. The zero-order chi connectivity index (χ0) is 42.6. The van der Waals surface area contributed by atoms with Gasteiger partial charge in [0, 0.05) is 35.1 Å². The van der Waals surface area contributed by atoms with Gasteiger partial charge < -0.3 is 34.5 Å². The van der Waals surface area contributed by atoms with Gasteiger partial charge in [0.2, 0.25) is 27.7 Å². The highest BCUT2D eigenvalue weighted by atomic mass is 32.2. The standard InChI is InChI=1S/C39H50F3N5O10S.3H2/c1-21-10-8-9-11-24-19-39(24,34(50)46-58(52,53)37(5)13-14-37)45-31(48)28-17-25(56-32-26-18-27(40)29(54-7)16-23(26)12-15-43-32)20-47(28)33(49)30(22(2)55-21)44-35(51)57-36(3,4)38(6,41)42;;;/h9,11-12,15-16,18,21-22,24-25,28,30H,8,10,13-14,17,19-20H2,1-7H3,(H,44,51)(H,45,48)(H,46,50);3*1H/b11-9-;;;/t21-,22+,24-,25-,28+,30+,39-;;;/m1.../s1. The number of hydrogen-bond donors (Lipinski definition) is 3. The number of halogens is 3. The maximum absolute atomic E-state index is 14.9. The Bertz CT molecular complexity index is 2130. The average molecular weight is 844 g/mol. The second-order valence-electron chi connectivity index (χ2n) is 16.5. The molecule has 2 aliphatic carbocycles. The van der Waals surface area contributed by atoms with Crippen LogP contribution in [0.25, 0.3) is 10.8 Å². The third-order valence-corrected chi connectivity index (χ3v) is 13.9. The monoisotopic (exact) mass is 843 g/mol. The number of carbonyl (C=O) groups excluding carboxylic acids is 4. The van der Waals surface area contributed by atoms with Crippen LogP contribution in [0.1, 0.15) is 84.3 Å². The largest absolute Gasteiger partial charge is 0.494 e. The number of alkyl halides is 2. The minimum absolute atomic E-state index is 0. The highest BCUT2D eigenvalue weighted by molar-refractivity contribution is 7.91. The number of ether oxygens (including phenoxy) is 4. The van der Waals surface area contributed by atoms with E-state index in [4.69, 9.17) is 18.9 Å².